The lowest BCUT2D eigenvalue weighted by molar-refractivity contribution is -0.243. The zero-order valence-corrected chi connectivity index (χ0v) is 24.4. The van der Waals surface area contributed by atoms with Gasteiger partial charge in [-0.15, -0.1) is 0 Å². The van der Waals surface area contributed by atoms with E-state index in [0.717, 1.165) is 32.1 Å². The second-order valence-electron chi connectivity index (χ2n) is 15.7. The summed E-state index contributed by atoms with van der Waals surface area (Å²) >= 11 is 0. The van der Waals surface area contributed by atoms with Gasteiger partial charge in [-0.1, -0.05) is 53.2 Å². The number of hydrogen-bond donors (Lipinski definition) is 3. The van der Waals surface area contributed by atoms with Crippen molar-refractivity contribution < 1.29 is 24.9 Å². The van der Waals surface area contributed by atoms with E-state index in [-0.39, 0.29) is 40.2 Å². The highest BCUT2D eigenvalue weighted by Crippen LogP contribution is 2.75. The van der Waals surface area contributed by atoms with E-state index < -0.39 is 17.6 Å². The van der Waals surface area contributed by atoms with Gasteiger partial charge in [0, 0.05) is 17.8 Å². The highest BCUT2D eigenvalue weighted by atomic mass is 16.5. The minimum absolute atomic E-state index is 0.0168. The molecule has 5 nitrogen and oxygen atoms in total. The SMILES string of the molecule is CC(=O)OCC1(C)CCC2(C)CCC3(C)C(=CCC4C5(C)CC(O)C(O)C(C)(CO)C5CCC43C)C2C1. The van der Waals surface area contributed by atoms with Crippen molar-refractivity contribution in [2.75, 3.05) is 13.2 Å². The molecule has 5 aliphatic carbocycles. The lowest BCUT2D eigenvalue weighted by Crippen LogP contribution is -2.67. The summed E-state index contributed by atoms with van der Waals surface area (Å²) in [4.78, 5) is 11.6. The number of carbonyl (C=O) groups is 1. The number of rotatable bonds is 3. The Balaban J connectivity index is 1.53. The smallest absolute Gasteiger partial charge is 0.302 e. The third-order valence-electron chi connectivity index (χ3n) is 13.6. The lowest BCUT2D eigenvalue weighted by Gasteiger charge is -2.71. The summed E-state index contributed by atoms with van der Waals surface area (Å²) in [5.41, 5.74) is 1.35. The van der Waals surface area contributed by atoms with Gasteiger partial charge in [-0.05, 0) is 97.2 Å². The fourth-order valence-corrected chi connectivity index (χ4v) is 11.0. The summed E-state index contributed by atoms with van der Waals surface area (Å²) in [6.45, 7) is 16.2. The zero-order valence-electron chi connectivity index (χ0n) is 24.4. The molecule has 0 aromatic rings. The van der Waals surface area contributed by atoms with Crippen LogP contribution in [0.4, 0.5) is 0 Å². The van der Waals surface area contributed by atoms with Crippen LogP contribution in [0.2, 0.25) is 0 Å². The molecular formula is C32H52O5. The van der Waals surface area contributed by atoms with Crippen molar-refractivity contribution >= 4 is 5.97 Å². The van der Waals surface area contributed by atoms with Crippen LogP contribution < -0.4 is 0 Å². The first-order chi connectivity index (χ1) is 17.1. The Hall–Kier alpha value is -0.910. The van der Waals surface area contributed by atoms with Crippen molar-refractivity contribution in [3.8, 4) is 0 Å². The van der Waals surface area contributed by atoms with E-state index in [1.165, 1.54) is 26.2 Å². The number of esters is 1. The van der Waals surface area contributed by atoms with E-state index in [1.807, 2.05) is 6.92 Å². The largest absolute Gasteiger partial charge is 0.465 e. The molecule has 0 saturated heterocycles. The van der Waals surface area contributed by atoms with Crippen LogP contribution in [0.3, 0.4) is 0 Å². The average molecular weight is 517 g/mol. The van der Waals surface area contributed by atoms with E-state index in [0.29, 0.717) is 30.3 Å². The molecule has 0 aromatic carbocycles. The Labute approximate surface area is 224 Å². The molecule has 210 valence electrons. The highest BCUT2D eigenvalue weighted by Gasteiger charge is 2.69. The molecule has 5 heteroatoms. The number of ether oxygens (including phenoxy) is 1. The van der Waals surface area contributed by atoms with Gasteiger partial charge in [-0.25, -0.2) is 0 Å². The van der Waals surface area contributed by atoms with Gasteiger partial charge < -0.3 is 20.1 Å². The van der Waals surface area contributed by atoms with Gasteiger partial charge >= 0.3 is 5.97 Å². The number of aliphatic hydroxyl groups excluding tert-OH is 3. The van der Waals surface area contributed by atoms with Crippen LogP contribution in [0, 0.1) is 50.2 Å². The average Bonchev–Trinajstić information content (AvgIpc) is 2.83. The second kappa shape index (κ2) is 8.54. The molecule has 4 fully saturated rings. The Morgan fingerprint density at radius 3 is 2.30 bits per heavy atom. The molecule has 0 amide bonds. The minimum Gasteiger partial charge on any atom is -0.465 e. The Bertz CT molecular complexity index is 976. The summed E-state index contributed by atoms with van der Waals surface area (Å²) in [6.07, 6.45) is 10.4. The van der Waals surface area contributed by atoms with Crippen molar-refractivity contribution in [2.24, 2.45) is 50.2 Å². The van der Waals surface area contributed by atoms with E-state index in [2.05, 4.69) is 40.7 Å². The maximum atomic E-state index is 11.6. The molecule has 0 aromatic heterocycles. The fraction of sp³-hybridized carbons (Fsp3) is 0.906. The van der Waals surface area contributed by atoms with Crippen LogP contribution in [0.25, 0.3) is 0 Å². The van der Waals surface area contributed by atoms with Gasteiger partial charge in [0.1, 0.15) is 0 Å². The Morgan fingerprint density at radius 2 is 1.65 bits per heavy atom. The number of hydrogen-bond acceptors (Lipinski definition) is 5. The maximum absolute atomic E-state index is 11.6. The van der Waals surface area contributed by atoms with Crippen LogP contribution in [0.1, 0.15) is 106 Å². The van der Waals surface area contributed by atoms with Gasteiger partial charge in [0.15, 0.2) is 0 Å². The fourth-order valence-electron chi connectivity index (χ4n) is 11.0. The van der Waals surface area contributed by atoms with Gasteiger partial charge in [-0.3, -0.25) is 4.79 Å². The number of aliphatic hydroxyl groups is 3. The Morgan fingerprint density at radius 1 is 0.973 bits per heavy atom. The van der Waals surface area contributed by atoms with Crippen molar-refractivity contribution in [3.05, 3.63) is 11.6 Å². The lowest BCUT2D eigenvalue weighted by atomic mass is 9.33. The third kappa shape index (κ3) is 3.69. The molecule has 0 radical (unpaired) electrons. The third-order valence-corrected chi connectivity index (χ3v) is 13.6. The number of allylic oxidation sites excluding steroid dienone is 2. The minimum atomic E-state index is -0.877. The number of carbonyl (C=O) groups excluding carboxylic acids is 1. The molecule has 0 aliphatic heterocycles. The van der Waals surface area contributed by atoms with Crippen LogP contribution in [0.15, 0.2) is 11.6 Å². The molecule has 4 saturated carbocycles. The Kier molecular flexibility index (Phi) is 6.38. The van der Waals surface area contributed by atoms with Gasteiger partial charge in [-0.2, -0.15) is 0 Å². The highest BCUT2D eigenvalue weighted by molar-refractivity contribution is 5.65. The van der Waals surface area contributed by atoms with E-state index >= 15 is 0 Å². The molecule has 11 unspecified atom stereocenters. The summed E-state index contributed by atoms with van der Waals surface area (Å²) in [6, 6.07) is 0. The van der Waals surface area contributed by atoms with Crippen LogP contribution in [0.5, 0.6) is 0 Å². The molecule has 37 heavy (non-hydrogen) atoms. The molecular weight excluding hydrogens is 464 g/mol. The number of fused-ring (bicyclic) bond motifs is 7. The maximum Gasteiger partial charge on any atom is 0.302 e. The quantitative estimate of drug-likeness (QED) is 0.333. The van der Waals surface area contributed by atoms with Gasteiger partial charge in [0.2, 0.25) is 0 Å². The van der Waals surface area contributed by atoms with E-state index in [9.17, 15) is 20.1 Å². The van der Waals surface area contributed by atoms with Crippen molar-refractivity contribution in [2.45, 2.75) is 118 Å². The predicted octanol–water partition coefficient (Wildman–Crippen LogP) is 5.66. The van der Waals surface area contributed by atoms with Crippen molar-refractivity contribution in [1.29, 1.82) is 0 Å². The standard InChI is InChI=1S/C32H52O5/c1-20(34)37-19-27(2)12-13-28(3)14-15-31(6)21(22(28)16-27)8-9-25-29(4)17-23(35)26(36)30(5,18-33)24(29)10-11-32(25,31)7/h8,22-26,33,35-36H,9-19H2,1-7H3. The molecule has 5 rings (SSSR count). The second-order valence-corrected chi connectivity index (χ2v) is 15.7. The molecule has 5 aliphatic rings. The van der Waals surface area contributed by atoms with Crippen LogP contribution in [-0.2, 0) is 9.53 Å². The van der Waals surface area contributed by atoms with Gasteiger partial charge in [0.05, 0.1) is 25.4 Å². The zero-order chi connectivity index (χ0) is 27.2. The van der Waals surface area contributed by atoms with E-state index in [4.69, 9.17) is 4.74 Å². The summed E-state index contributed by atoms with van der Waals surface area (Å²) in [5.74, 6) is 0.914. The first-order valence-electron chi connectivity index (χ1n) is 14.9. The predicted molar refractivity (Wildman–Crippen MR) is 144 cm³/mol. The summed E-state index contributed by atoms with van der Waals surface area (Å²) < 4.78 is 5.56. The molecule has 3 N–H and O–H groups in total. The van der Waals surface area contributed by atoms with Gasteiger partial charge in [0.25, 0.3) is 0 Å². The topological polar surface area (TPSA) is 87.0 Å². The normalized spacial score (nSPS) is 55.2. The van der Waals surface area contributed by atoms with Crippen molar-refractivity contribution in [1.82, 2.24) is 0 Å². The molecule has 11 atom stereocenters. The van der Waals surface area contributed by atoms with Crippen LogP contribution in [-0.4, -0.2) is 46.7 Å². The first-order valence-corrected chi connectivity index (χ1v) is 14.9. The molecule has 0 bridgehead atoms. The molecule has 0 spiro atoms. The summed E-state index contributed by atoms with van der Waals surface area (Å²) in [7, 11) is 0. The van der Waals surface area contributed by atoms with Crippen molar-refractivity contribution in [3.63, 3.8) is 0 Å². The monoisotopic (exact) mass is 516 g/mol. The van der Waals surface area contributed by atoms with Crippen LogP contribution >= 0.6 is 0 Å². The first kappa shape index (κ1) is 27.6. The molecule has 0 heterocycles. The summed E-state index contributed by atoms with van der Waals surface area (Å²) in [5, 5.41) is 32.5. The van der Waals surface area contributed by atoms with E-state index in [1.54, 1.807) is 5.57 Å².